The van der Waals surface area contributed by atoms with Gasteiger partial charge in [-0.2, -0.15) is 0 Å². The summed E-state index contributed by atoms with van der Waals surface area (Å²) in [6.07, 6.45) is 4.29. The molecule has 0 fully saturated rings. The number of carboxylic acids is 1. The maximum atomic E-state index is 13.7. The third kappa shape index (κ3) is 3.69. The number of anilines is 1. The largest absolute Gasteiger partial charge is 0.478 e. The molecular weight excluding hydrogens is 223 g/mol. The maximum Gasteiger partial charge on any atom is 0.338 e. The highest BCUT2D eigenvalue weighted by Crippen LogP contribution is 2.17. The van der Waals surface area contributed by atoms with Crippen molar-refractivity contribution in [1.29, 1.82) is 0 Å². The minimum atomic E-state index is -1.28. The van der Waals surface area contributed by atoms with Crippen molar-refractivity contribution in [3.63, 3.8) is 0 Å². The minimum absolute atomic E-state index is 0.00787. The number of nitrogens with zero attached hydrogens (tertiary/aromatic N) is 1. The molecule has 0 aliphatic carbocycles. The van der Waals surface area contributed by atoms with E-state index in [1.54, 1.807) is 0 Å². The number of aromatic nitrogens is 1. The number of hydrogen-bond donors (Lipinski definition) is 2. The highest BCUT2D eigenvalue weighted by molar-refractivity contribution is 5.88. The fourth-order valence-corrected chi connectivity index (χ4v) is 1.53. The van der Waals surface area contributed by atoms with Gasteiger partial charge >= 0.3 is 5.97 Å². The molecule has 5 heteroatoms. The Kier molecular flexibility index (Phi) is 4.87. The molecule has 0 aromatic carbocycles. The summed E-state index contributed by atoms with van der Waals surface area (Å²) in [5.41, 5.74) is -0.356. The summed E-state index contributed by atoms with van der Waals surface area (Å²) in [5.74, 6) is -2.08. The van der Waals surface area contributed by atoms with Crippen molar-refractivity contribution in [2.45, 2.75) is 39.2 Å². The SMILES string of the molecule is CCCCC(C)Nc1nccc(C(=O)O)c1F. The summed E-state index contributed by atoms with van der Waals surface area (Å²) < 4.78 is 13.7. The molecule has 1 heterocycles. The van der Waals surface area contributed by atoms with Gasteiger partial charge in [0.2, 0.25) is 0 Å². The first kappa shape index (κ1) is 13.4. The average molecular weight is 240 g/mol. The predicted octanol–water partition coefficient (Wildman–Crippen LogP) is 2.91. The number of rotatable bonds is 6. The van der Waals surface area contributed by atoms with Crippen LogP contribution in [0.4, 0.5) is 10.2 Å². The first-order valence-electron chi connectivity index (χ1n) is 5.70. The van der Waals surface area contributed by atoms with E-state index in [-0.39, 0.29) is 17.4 Å². The monoisotopic (exact) mass is 240 g/mol. The topological polar surface area (TPSA) is 62.2 Å². The van der Waals surface area contributed by atoms with E-state index in [1.165, 1.54) is 6.20 Å². The number of carbonyl (C=O) groups is 1. The number of unbranched alkanes of at least 4 members (excludes halogenated alkanes) is 1. The van der Waals surface area contributed by atoms with E-state index < -0.39 is 11.8 Å². The lowest BCUT2D eigenvalue weighted by Gasteiger charge is -2.14. The highest BCUT2D eigenvalue weighted by atomic mass is 19.1. The Hall–Kier alpha value is -1.65. The van der Waals surface area contributed by atoms with Crippen LogP contribution >= 0.6 is 0 Å². The molecule has 1 aromatic heterocycles. The minimum Gasteiger partial charge on any atom is -0.478 e. The van der Waals surface area contributed by atoms with Crippen LogP contribution in [0.2, 0.25) is 0 Å². The van der Waals surface area contributed by atoms with Crippen LogP contribution in [0.25, 0.3) is 0 Å². The first-order chi connectivity index (χ1) is 8.06. The molecule has 94 valence electrons. The van der Waals surface area contributed by atoms with Crippen molar-refractivity contribution in [2.24, 2.45) is 0 Å². The van der Waals surface area contributed by atoms with Gasteiger partial charge in [-0.1, -0.05) is 19.8 Å². The molecule has 1 aromatic rings. The van der Waals surface area contributed by atoms with Crippen LogP contribution in [0.1, 0.15) is 43.5 Å². The number of pyridine rings is 1. The standard InChI is InChI=1S/C12H17FN2O2/c1-3-4-5-8(2)15-11-10(13)9(12(16)17)6-7-14-11/h6-8H,3-5H2,1-2H3,(H,14,15)(H,16,17). The van der Waals surface area contributed by atoms with E-state index in [2.05, 4.69) is 17.2 Å². The summed E-state index contributed by atoms with van der Waals surface area (Å²) in [7, 11) is 0. The third-order valence-electron chi connectivity index (χ3n) is 2.49. The van der Waals surface area contributed by atoms with Gasteiger partial charge < -0.3 is 10.4 Å². The van der Waals surface area contributed by atoms with Crippen LogP contribution in [0.3, 0.4) is 0 Å². The van der Waals surface area contributed by atoms with Crippen LogP contribution in [0, 0.1) is 5.82 Å². The Morgan fingerprint density at radius 2 is 2.35 bits per heavy atom. The van der Waals surface area contributed by atoms with Gasteiger partial charge in [-0.3, -0.25) is 0 Å². The third-order valence-corrected chi connectivity index (χ3v) is 2.49. The van der Waals surface area contributed by atoms with Crippen LogP contribution in [-0.2, 0) is 0 Å². The first-order valence-corrected chi connectivity index (χ1v) is 5.70. The zero-order chi connectivity index (χ0) is 12.8. The van der Waals surface area contributed by atoms with Crippen LogP contribution in [0.5, 0.6) is 0 Å². The smallest absolute Gasteiger partial charge is 0.338 e. The zero-order valence-electron chi connectivity index (χ0n) is 10.0. The summed E-state index contributed by atoms with van der Waals surface area (Å²) in [6.45, 7) is 4.00. The van der Waals surface area contributed by atoms with Crippen molar-refractivity contribution in [2.75, 3.05) is 5.32 Å². The van der Waals surface area contributed by atoms with Gasteiger partial charge in [0.25, 0.3) is 0 Å². The number of halogens is 1. The summed E-state index contributed by atoms with van der Waals surface area (Å²) in [6, 6.07) is 1.22. The second-order valence-electron chi connectivity index (χ2n) is 4.01. The van der Waals surface area contributed by atoms with E-state index in [0.29, 0.717) is 0 Å². The number of aromatic carboxylic acids is 1. The van der Waals surface area contributed by atoms with Gasteiger partial charge in [-0.25, -0.2) is 14.2 Å². The highest BCUT2D eigenvalue weighted by Gasteiger charge is 2.15. The molecule has 0 saturated heterocycles. The van der Waals surface area contributed by atoms with Crippen LogP contribution in [-0.4, -0.2) is 22.1 Å². The molecule has 1 atom stereocenters. The average Bonchev–Trinajstić information content (AvgIpc) is 2.28. The van der Waals surface area contributed by atoms with Crippen molar-refractivity contribution >= 4 is 11.8 Å². The molecule has 0 aliphatic heterocycles. The molecule has 4 nitrogen and oxygen atoms in total. The van der Waals surface area contributed by atoms with Gasteiger partial charge in [0, 0.05) is 12.2 Å². The Bertz CT molecular complexity index is 396. The number of carboxylic acid groups (broad SMARTS) is 1. The second kappa shape index (κ2) is 6.18. The molecular formula is C12H17FN2O2. The summed E-state index contributed by atoms with van der Waals surface area (Å²) in [4.78, 5) is 14.6. The van der Waals surface area contributed by atoms with Crippen molar-refractivity contribution in [3.05, 3.63) is 23.6 Å². The Morgan fingerprint density at radius 1 is 1.65 bits per heavy atom. The van der Waals surface area contributed by atoms with Crippen LogP contribution in [0.15, 0.2) is 12.3 Å². The summed E-state index contributed by atoms with van der Waals surface area (Å²) in [5, 5.41) is 11.7. The molecule has 2 N–H and O–H groups in total. The lowest BCUT2D eigenvalue weighted by atomic mass is 10.1. The molecule has 0 amide bonds. The summed E-state index contributed by atoms with van der Waals surface area (Å²) >= 11 is 0. The number of hydrogen-bond acceptors (Lipinski definition) is 3. The second-order valence-corrected chi connectivity index (χ2v) is 4.01. The van der Waals surface area contributed by atoms with E-state index >= 15 is 0 Å². The fourth-order valence-electron chi connectivity index (χ4n) is 1.53. The molecule has 0 bridgehead atoms. The molecule has 0 spiro atoms. The van der Waals surface area contributed by atoms with Gasteiger partial charge in [-0.15, -0.1) is 0 Å². The lowest BCUT2D eigenvalue weighted by molar-refractivity contribution is 0.0692. The molecule has 0 radical (unpaired) electrons. The Labute approximate surface area is 99.9 Å². The van der Waals surface area contributed by atoms with E-state index in [4.69, 9.17) is 5.11 Å². The van der Waals surface area contributed by atoms with Crippen molar-refractivity contribution < 1.29 is 14.3 Å². The van der Waals surface area contributed by atoms with Gasteiger partial charge in [0.15, 0.2) is 11.6 Å². The van der Waals surface area contributed by atoms with Gasteiger partial charge in [0.05, 0.1) is 0 Å². The van der Waals surface area contributed by atoms with Crippen molar-refractivity contribution in [3.8, 4) is 0 Å². The molecule has 0 saturated carbocycles. The molecule has 17 heavy (non-hydrogen) atoms. The fraction of sp³-hybridized carbons (Fsp3) is 0.500. The molecule has 0 aliphatic rings. The van der Waals surface area contributed by atoms with Crippen molar-refractivity contribution in [1.82, 2.24) is 4.98 Å². The maximum absolute atomic E-state index is 13.7. The Morgan fingerprint density at radius 3 is 2.94 bits per heavy atom. The zero-order valence-corrected chi connectivity index (χ0v) is 10.0. The molecule has 1 unspecified atom stereocenters. The molecule has 1 rings (SSSR count). The van der Waals surface area contributed by atoms with E-state index in [0.717, 1.165) is 25.3 Å². The Balaban J connectivity index is 2.77. The van der Waals surface area contributed by atoms with Gasteiger partial charge in [0.1, 0.15) is 5.56 Å². The number of nitrogens with one attached hydrogen (secondary N) is 1. The normalized spacial score (nSPS) is 12.2. The predicted molar refractivity (Wildman–Crippen MR) is 63.8 cm³/mol. The van der Waals surface area contributed by atoms with Gasteiger partial charge in [-0.05, 0) is 19.4 Å². The quantitative estimate of drug-likeness (QED) is 0.802. The van der Waals surface area contributed by atoms with Crippen LogP contribution < -0.4 is 5.32 Å². The lowest BCUT2D eigenvalue weighted by Crippen LogP contribution is -2.18. The van der Waals surface area contributed by atoms with E-state index in [1.807, 2.05) is 6.92 Å². The van der Waals surface area contributed by atoms with E-state index in [9.17, 15) is 9.18 Å².